The fourth-order valence-electron chi connectivity index (χ4n) is 17.7. The van der Waals surface area contributed by atoms with E-state index in [9.17, 15) is 0 Å². The van der Waals surface area contributed by atoms with Crippen molar-refractivity contribution < 1.29 is 0 Å². The first kappa shape index (κ1) is 70.9. The van der Waals surface area contributed by atoms with E-state index in [-0.39, 0.29) is 0 Å². The van der Waals surface area contributed by atoms with Crippen LogP contribution in [0.2, 0.25) is 0 Å². The summed E-state index contributed by atoms with van der Waals surface area (Å²) < 4.78 is 10.1. The van der Waals surface area contributed by atoms with Crippen LogP contribution < -0.4 is 0 Å². The maximum absolute atomic E-state index is 5.52. The Balaban J connectivity index is 0.000000140. The first-order valence-corrected chi connectivity index (χ1v) is 43.7. The second kappa shape index (κ2) is 29.9. The molecule has 0 bridgehead atoms. The number of hydrogen-bond donors (Lipinski definition) is 0. The van der Waals surface area contributed by atoms with E-state index in [1.807, 2.05) is 63.5 Å². The fraction of sp³-hybridized carbons (Fsp3) is 0. The zero-order valence-electron chi connectivity index (χ0n) is 64.7. The van der Waals surface area contributed by atoms with Crippen molar-refractivity contribution in [2.24, 2.45) is 0 Å². The molecule has 7 heterocycles. The third-order valence-corrected chi connectivity index (χ3v) is 28.2. The van der Waals surface area contributed by atoms with Crippen molar-refractivity contribution in [2.45, 2.75) is 0 Å². The predicted octanol–water partition coefficient (Wildman–Crippen LogP) is 32.7. The average molecular weight is 1600 g/mol. The van der Waals surface area contributed by atoms with Crippen LogP contribution in [0.5, 0.6) is 0 Å². The van der Waals surface area contributed by atoms with E-state index in [1.165, 1.54) is 169 Å². The van der Waals surface area contributed by atoms with Crippen LogP contribution >= 0.6 is 45.3 Å². The Kier molecular flexibility index (Phi) is 17.7. The Labute approximate surface area is 708 Å². The molecule has 0 saturated heterocycles. The van der Waals surface area contributed by atoms with Crippen molar-refractivity contribution in [1.82, 2.24) is 19.9 Å². The van der Waals surface area contributed by atoms with Gasteiger partial charge in [0.15, 0.2) is 5.82 Å². The van der Waals surface area contributed by atoms with Gasteiger partial charge in [-0.3, -0.25) is 0 Å². The summed E-state index contributed by atoms with van der Waals surface area (Å²) in [7, 11) is 0. The molecule has 17 aromatic carbocycles. The highest BCUT2D eigenvalue weighted by molar-refractivity contribution is 7.27. The second-order valence-corrected chi connectivity index (χ2v) is 34.7. The van der Waals surface area contributed by atoms with Crippen molar-refractivity contribution in [1.29, 1.82) is 0 Å². The molecule has 24 rings (SSSR count). The summed E-state index contributed by atoms with van der Waals surface area (Å²) in [4.78, 5) is 21.4. The minimum Gasteiger partial charge on any atom is -0.246 e. The molecule has 7 aromatic heterocycles. The van der Waals surface area contributed by atoms with E-state index in [1.54, 1.807) is 0 Å². The summed E-state index contributed by atoms with van der Waals surface area (Å²) in [6.45, 7) is 0. The van der Waals surface area contributed by atoms with Crippen molar-refractivity contribution in [3.63, 3.8) is 0 Å². The summed E-state index contributed by atoms with van der Waals surface area (Å²) in [6.07, 6.45) is 0. The van der Waals surface area contributed by atoms with E-state index < -0.39 is 0 Å². The molecule has 4 nitrogen and oxygen atoms in total. The number of benzene rings is 17. The van der Waals surface area contributed by atoms with Gasteiger partial charge in [0.2, 0.25) is 0 Å². The Bertz CT molecular complexity index is 8130. The van der Waals surface area contributed by atoms with Crippen molar-refractivity contribution in [2.75, 3.05) is 0 Å². The number of thiophene rings is 4. The Morgan fingerprint density at radius 1 is 0.158 bits per heavy atom. The summed E-state index contributed by atoms with van der Waals surface area (Å²) >= 11 is 7.36. The summed E-state index contributed by atoms with van der Waals surface area (Å²) in [5, 5.41) is 12.6. The van der Waals surface area contributed by atoms with Crippen LogP contribution in [0.15, 0.2) is 413 Å². The van der Waals surface area contributed by atoms with Gasteiger partial charge in [-0.1, -0.05) is 340 Å². The van der Waals surface area contributed by atoms with E-state index in [0.717, 1.165) is 61.6 Å². The number of nitrogens with zero attached hydrogens (tertiary/aromatic N) is 4. The van der Waals surface area contributed by atoms with Crippen molar-refractivity contribution in [3.8, 4) is 134 Å². The van der Waals surface area contributed by atoms with E-state index in [0.29, 0.717) is 5.82 Å². The monoisotopic (exact) mass is 1600 g/mol. The third-order valence-electron chi connectivity index (χ3n) is 23.4. The first-order valence-electron chi connectivity index (χ1n) is 40.4. The Morgan fingerprint density at radius 3 is 1.04 bits per heavy atom. The molecule has 0 saturated carbocycles. The van der Waals surface area contributed by atoms with Gasteiger partial charge in [0.05, 0.1) is 43.2 Å². The molecule has 0 fully saturated rings. The zero-order chi connectivity index (χ0) is 79.1. The molecule has 0 amide bonds. The lowest BCUT2D eigenvalue weighted by atomic mass is 9.91. The molecule has 560 valence electrons. The highest BCUT2D eigenvalue weighted by Gasteiger charge is 2.24. The standard InChI is InChI=1S/C57H35NS2.C55H33N3S2/c1-3-14-36(15-4-1)42-33-43(35-44(34-42)40-18-11-19-41(32-40)46-23-12-24-48-47-20-7-9-26-51(47)59-56(46)48)37-28-30-39(31-29-37)55-57-54(49-21-8-10-27-52(49)60-57)53-45(22-13-25-50(53)58-55)38-16-5-2-6-17-38;1-3-14-34(15-4-1)35-28-30-36(31-29-35)40-22-13-25-45-50(40)51-44-21-8-10-27-49(44)60-54(51)52(56-45)39-19-11-18-38(32-39)46-33-47(58-55(57-46)37-16-5-2-6-17-37)43-24-12-23-42-41-20-7-9-26-48(41)59-53(42)43/h1-35H;1-33H. The maximum Gasteiger partial charge on any atom is 0.160 e. The molecule has 0 spiro atoms. The summed E-state index contributed by atoms with van der Waals surface area (Å²) in [6, 6.07) is 149. The maximum atomic E-state index is 5.52. The van der Waals surface area contributed by atoms with Gasteiger partial charge in [0.1, 0.15) is 0 Å². The molecule has 8 heteroatoms. The highest BCUT2D eigenvalue weighted by Crippen LogP contribution is 2.50. The SMILES string of the molecule is c1ccc(-c2cc(-c3ccc(-c4nc5cccc(-c6ccccc6)c5c5c4sc4ccccc45)cc3)cc(-c3cccc(-c4cccc5c4sc4ccccc45)c3)c2)cc1.c1ccc(-c2ccc(-c3cccc4nc(-c5cccc(-c6cc(-c7cccc8c7sc7ccccc78)nc(-c7ccccc7)n6)c5)c5sc6ccccc6c5c34)cc2)cc1. The van der Waals surface area contributed by atoms with Crippen LogP contribution in [0.4, 0.5) is 0 Å². The Morgan fingerprint density at radius 2 is 0.483 bits per heavy atom. The largest absolute Gasteiger partial charge is 0.246 e. The third kappa shape index (κ3) is 12.6. The van der Waals surface area contributed by atoms with E-state index in [4.69, 9.17) is 19.9 Å². The summed E-state index contributed by atoms with van der Waals surface area (Å²) in [5.74, 6) is 0.701. The van der Waals surface area contributed by atoms with Gasteiger partial charge in [0, 0.05) is 110 Å². The number of aromatic nitrogens is 4. The molecule has 0 unspecified atom stereocenters. The van der Waals surface area contributed by atoms with Crippen molar-refractivity contribution >= 4 is 148 Å². The molecule has 0 atom stereocenters. The zero-order valence-corrected chi connectivity index (χ0v) is 67.9. The number of fused-ring (bicyclic) bond motifs is 16. The topological polar surface area (TPSA) is 51.6 Å². The molecule has 120 heavy (non-hydrogen) atoms. The lowest BCUT2D eigenvalue weighted by Gasteiger charge is -2.14. The molecular formula is C112H68N4S4. The number of hydrogen-bond acceptors (Lipinski definition) is 8. The van der Waals surface area contributed by atoms with Gasteiger partial charge in [-0.2, -0.15) is 0 Å². The van der Waals surface area contributed by atoms with Crippen LogP contribution in [-0.4, -0.2) is 19.9 Å². The molecule has 24 aromatic rings. The normalized spacial score (nSPS) is 11.7. The van der Waals surface area contributed by atoms with Crippen LogP contribution in [0, 0.1) is 0 Å². The van der Waals surface area contributed by atoms with Gasteiger partial charge in [0.25, 0.3) is 0 Å². The highest BCUT2D eigenvalue weighted by atomic mass is 32.1. The van der Waals surface area contributed by atoms with Gasteiger partial charge in [-0.25, -0.2) is 19.9 Å². The lowest BCUT2D eigenvalue weighted by Crippen LogP contribution is -1.96. The first-order chi connectivity index (χ1) is 59.5. The minimum absolute atomic E-state index is 0.701. The van der Waals surface area contributed by atoms with Gasteiger partial charge in [-0.15, -0.1) is 45.3 Å². The molecule has 0 radical (unpaired) electrons. The number of rotatable bonds is 12. The number of pyridine rings is 2. The quantitative estimate of drug-likeness (QED) is 0.122. The second-order valence-electron chi connectivity index (χ2n) is 30.5. The Hall–Kier alpha value is -14.5. The van der Waals surface area contributed by atoms with Crippen molar-refractivity contribution in [3.05, 3.63) is 413 Å². The van der Waals surface area contributed by atoms with Crippen LogP contribution in [0.1, 0.15) is 0 Å². The fourth-order valence-corrected chi connectivity index (χ4v) is 22.6. The molecule has 0 N–H and O–H groups in total. The van der Waals surface area contributed by atoms with E-state index in [2.05, 4.69) is 394 Å². The van der Waals surface area contributed by atoms with Gasteiger partial charge < -0.3 is 0 Å². The van der Waals surface area contributed by atoms with Crippen LogP contribution in [0.3, 0.4) is 0 Å². The molecule has 0 aliphatic carbocycles. The molecule has 0 aliphatic heterocycles. The lowest BCUT2D eigenvalue weighted by molar-refractivity contribution is 1.19. The van der Waals surface area contributed by atoms with Crippen LogP contribution in [-0.2, 0) is 0 Å². The molecule has 0 aliphatic rings. The summed E-state index contributed by atoms with van der Waals surface area (Å²) in [5.41, 5.74) is 27.9. The minimum atomic E-state index is 0.701. The van der Waals surface area contributed by atoms with Gasteiger partial charge >= 0.3 is 0 Å². The van der Waals surface area contributed by atoms with E-state index >= 15 is 0 Å². The van der Waals surface area contributed by atoms with Crippen LogP contribution in [0.25, 0.3) is 237 Å². The molecular weight excluding hydrogens is 1530 g/mol. The average Bonchev–Trinajstić information content (AvgIpc) is 1.54. The predicted molar refractivity (Wildman–Crippen MR) is 516 cm³/mol. The smallest absolute Gasteiger partial charge is 0.160 e. The van der Waals surface area contributed by atoms with Gasteiger partial charge in [-0.05, 0) is 151 Å².